The van der Waals surface area contributed by atoms with Gasteiger partial charge >= 0.3 is 0 Å². The molecule has 0 aliphatic rings. The summed E-state index contributed by atoms with van der Waals surface area (Å²) >= 11 is 4.15. The molecule has 0 aliphatic heterocycles. The van der Waals surface area contributed by atoms with Crippen LogP contribution in [0, 0.1) is 9.94 Å². The molecule has 1 aromatic heterocycles. The van der Waals surface area contributed by atoms with Crippen LogP contribution in [0.4, 0.5) is 0 Å². The minimum atomic E-state index is 1.33. The van der Waals surface area contributed by atoms with Gasteiger partial charge in [0.15, 0.2) is 6.20 Å². The molecule has 1 rings (SSSR count). The highest BCUT2D eigenvalue weighted by molar-refractivity contribution is 14.1. The van der Waals surface area contributed by atoms with Crippen molar-refractivity contribution >= 4 is 33.9 Å². The van der Waals surface area contributed by atoms with Crippen molar-refractivity contribution < 1.29 is 4.57 Å². The highest BCUT2D eigenvalue weighted by Crippen LogP contribution is 2.10. The van der Waals surface area contributed by atoms with Crippen molar-refractivity contribution in [2.45, 2.75) is 6.92 Å². The molecule has 0 aromatic carbocycles. The first-order valence-electron chi connectivity index (χ1n) is 2.31. The molecule has 0 unspecified atom stereocenters. The first-order valence-corrected chi connectivity index (χ1v) is 4.21. The molecule has 0 aliphatic carbocycles. The Bertz CT molecular complexity index is 175. The van der Waals surface area contributed by atoms with E-state index in [-0.39, 0.29) is 0 Å². The van der Waals surface area contributed by atoms with Gasteiger partial charge < -0.3 is 0 Å². The fourth-order valence-corrected chi connectivity index (χ4v) is 2.41. The second-order valence-electron chi connectivity index (χ2n) is 1.71. The molecule has 0 spiro atoms. The number of aromatic nitrogens is 1. The highest BCUT2D eigenvalue weighted by atomic mass is 127. The summed E-state index contributed by atoms with van der Waals surface area (Å²) in [6.45, 7) is 2.12. The lowest BCUT2D eigenvalue weighted by Crippen LogP contribution is -2.27. The Kier molecular flexibility index (Phi) is 1.87. The minimum Gasteiger partial charge on any atom is -0.186 e. The molecule has 8 heavy (non-hydrogen) atoms. The van der Waals surface area contributed by atoms with Crippen LogP contribution in [0.5, 0.6) is 0 Å². The summed E-state index contributed by atoms with van der Waals surface area (Å²) in [6, 6.07) is 0. The molecule has 0 saturated heterocycles. The lowest BCUT2D eigenvalue weighted by atomic mass is 10.6. The van der Waals surface area contributed by atoms with E-state index < -0.39 is 0 Å². The summed E-state index contributed by atoms with van der Waals surface area (Å²) in [5, 5.41) is 0. The van der Waals surface area contributed by atoms with E-state index in [0.29, 0.717) is 0 Å². The van der Waals surface area contributed by atoms with Crippen molar-refractivity contribution in [2.75, 3.05) is 0 Å². The second-order valence-corrected chi connectivity index (χ2v) is 4.69. The van der Waals surface area contributed by atoms with Gasteiger partial charge in [-0.05, 0) is 6.92 Å². The first-order chi connectivity index (χ1) is 3.70. The molecular weight excluding hydrogens is 233 g/mol. The standard InChI is InChI=1S/C5H7INS/c1-4-3-7(2)5(6)8-4/h3H,1-2H3/q+1. The summed E-state index contributed by atoms with van der Waals surface area (Å²) in [5.74, 6) is 0. The number of nitrogens with zero attached hydrogens (tertiary/aromatic N) is 1. The number of hydrogen-bond acceptors (Lipinski definition) is 1. The number of halogens is 1. The Hall–Kier alpha value is 0.360. The fourth-order valence-electron chi connectivity index (χ4n) is 0.555. The van der Waals surface area contributed by atoms with Gasteiger partial charge in [0.2, 0.25) is 0 Å². The summed E-state index contributed by atoms with van der Waals surface area (Å²) < 4.78 is 3.46. The van der Waals surface area contributed by atoms with E-state index >= 15 is 0 Å². The van der Waals surface area contributed by atoms with Crippen LogP contribution in [0.15, 0.2) is 6.20 Å². The molecule has 1 nitrogen and oxygen atoms in total. The average molecular weight is 240 g/mol. The van der Waals surface area contributed by atoms with E-state index in [0.717, 1.165) is 0 Å². The van der Waals surface area contributed by atoms with E-state index in [4.69, 9.17) is 0 Å². The van der Waals surface area contributed by atoms with Crippen LogP contribution in [0.1, 0.15) is 4.88 Å². The van der Waals surface area contributed by atoms with Gasteiger partial charge in [-0.2, -0.15) is 4.57 Å². The average Bonchev–Trinajstić information content (AvgIpc) is 1.85. The molecule has 3 heteroatoms. The maximum atomic E-state index is 2.33. The van der Waals surface area contributed by atoms with Crippen LogP contribution in [-0.2, 0) is 7.05 Å². The molecule has 1 heterocycles. The van der Waals surface area contributed by atoms with E-state index in [1.807, 2.05) is 11.3 Å². The SMILES string of the molecule is Cc1c[n+](C)c(I)s1. The Morgan fingerprint density at radius 3 is 2.50 bits per heavy atom. The third-order valence-electron chi connectivity index (χ3n) is 0.898. The first kappa shape index (κ1) is 6.48. The zero-order chi connectivity index (χ0) is 6.15. The topological polar surface area (TPSA) is 3.88 Å². The smallest absolute Gasteiger partial charge is 0.186 e. The monoisotopic (exact) mass is 240 g/mol. The van der Waals surface area contributed by atoms with Crippen molar-refractivity contribution in [1.29, 1.82) is 0 Å². The molecule has 0 N–H and O–H groups in total. The molecule has 1 aromatic rings. The largest absolute Gasteiger partial charge is 0.297 e. The predicted octanol–water partition coefficient (Wildman–Crippen LogP) is 1.49. The molecule has 0 atom stereocenters. The quantitative estimate of drug-likeness (QED) is 0.477. The summed E-state index contributed by atoms with van der Waals surface area (Å²) in [7, 11) is 2.06. The number of rotatable bonds is 0. The van der Waals surface area contributed by atoms with Gasteiger partial charge in [0.05, 0.1) is 27.5 Å². The van der Waals surface area contributed by atoms with E-state index in [2.05, 4.69) is 47.3 Å². The van der Waals surface area contributed by atoms with Crippen molar-refractivity contribution in [3.63, 3.8) is 0 Å². The Balaban J connectivity index is 3.14. The van der Waals surface area contributed by atoms with Crippen LogP contribution >= 0.6 is 33.9 Å². The number of hydrogen-bond donors (Lipinski definition) is 0. The third kappa shape index (κ3) is 1.20. The number of thiazole rings is 1. The normalized spacial score (nSPS) is 9.88. The molecule has 0 fully saturated rings. The van der Waals surface area contributed by atoms with Crippen molar-refractivity contribution in [1.82, 2.24) is 0 Å². The highest BCUT2D eigenvalue weighted by Gasteiger charge is 2.04. The van der Waals surface area contributed by atoms with Crippen LogP contribution in [0.3, 0.4) is 0 Å². The molecule has 0 bridgehead atoms. The maximum absolute atomic E-state index is 2.33. The van der Waals surface area contributed by atoms with Crippen LogP contribution in [0.25, 0.3) is 0 Å². The Morgan fingerprint density at radius 2 is 2.38 bits per heavy atom. The van der Waals surface area contributed by atoms with E-state index in [1.165, 1.54) is 7.89 Å². The lowest BCUT2D eigenvalue weighted by Gasteiger charge is -1.72. The van der Waals surface area contributed by atoms with Crippen LogP contribution < -0.4 is 4.57 Å². The van der Waals surface area contributed by atoms with Gasteiger partial charge in [0, 0.05) is 0 Å². The second kappa shape index (κ2) is 2.31. The van der Waals surface area contributed by atoms with Crippen LogP contribution in [-0.4, -0.2) is 0 Å². The van der Waals surface area contributed by atoms with Gasteiger partial charge in [-0.15, -0.1) is 0 Å². The molecular formula is C5H7INS+. The molecule has 0 amide bonds. The van der Waals surface area contributed by atoms with Crippen LogP contribution in [0.2, 0.25) is 0 Å². The molecule has 0 saturated carbocycles. The summed E-state index contributed by atoms with van der Waals surface area (Å²) in [5.41, 5.74) is 0. The number of aryl methyl sites for hydroxylation is 2. The van der Waals surface area contributed by atoms with E-state index in [1.54, 1.807) is 0 Å². The zero-order valence-electron chi connectivity index (χ0n) is 4.81. The maximum Gasteiger partial charge on any atom is 0.297 e. The third-order valence-corrected chi connectivity index (χ3v) is 3.20. The van der Waals surface area contributed by atoms with Gasteiger partial charge in [0.25, 0.3) is 3.01 Å². The van der Waals surface area contributed by atoms with Gasteiger partial charge in [-0.25, -0.2) is 0 Å². The summed E-state index contributed by atoms with van der Waals surface area (Å²) in [6.07, 6.45) is 2.13. The van der Waals surface area contributed by atoms with Crippen molar-refractivity contribution in [2.24, 2.45) is 7.05 Å². The van der Waals surface area contributed by atoms with Gasteiger partial charge in [-0.1, -0.05) is 11.3 Å². The van der Waals surface area contributed by atoms with Crippen molar-refractivity contribution in [3.8, 4) is 0 Å². The Labute approximate surface area is 66.5 Å². The molecule has 44 valence electrons. The minimum absolute atomic E-state index is 1.33. The molecule has 0 radical (unpaired) electrons. The van der Waals surface area contributed by atoms with Crippen molar-refractivity contribution in [3.05, 3.63) is 14.1 Å². The predicted molar refractivity (Wildman–Crippen MR) is 42.9 cm³/mol. The fraction of sp³-hybridized carbons (Fsp3) is 0.400. The Morgan fingerprint density at radius 1 is 1.75 bits per heavy atom. The lowest BCUT2D eigenvalue weighted by molar-refractivity contribution is -0.678. The summed E-state index contributed by atoms with van der Waals surface area (Å²) in [4.78, 5) is 1.37. The van der Waals surface area contributed by atoms with Gasteiger partial charge in [0.1, 0.15) is 7.05 Å². The van der Waals surface area contributed by atoms with Gasteiger partial charge in [-0.3, -0.25) is 0 Å². The van der Waals surface area contributed by atoms with E-state index in [9.17, 15) is 0 Å². The zero-order valence-corrected chi connectivity index (χ0v) is 7.78.